The fraction of sp³-hybridized carbons (Fsp3) is 0.0526. The predicted molar refractivity (Wildman–Crippen MR) is 88.4 cm³/mol. The zero-order chi connectivity index (χ0) is 15.5. The van der Waals surface area contributed by atoms with Gasteiger partial charge in [-0.2, -0.15) is 16.2 Å². The molecule has 4 nitrogen and oxygen atoms in total. The molecule has 1 aliphatic heterocycles. The molecule has 0 aliphatic carbocycles. The number of hydrogen-bond donors (Lipinski definition) is 2. The van der Waals surface area contributed by atoms with Crippen LogP contribution < -0.4 is 4.57 Å². The van der Waals surface area contributed by atoms with E-state index in [1.54, 1.807) is 12.4 Å². The largest absolute Gasteiger partial charge is 0.430 e. The fourth-order valence-electron chi connectivity index (χ4n) is 2.76. The molecule has 4 aromatic rings. The molecule has 0 saturated carbocycles. The van der Waals surface area contributed by atoms with Gasteiger partial charge in [0.25, 0.3) is 0 Å². The predicted octanol–water partition coefficient (Wildman–Crippen LogP) is 3.21. The number of rotatable bonds is 1. The molecular formula is C19H16IrN4. The molecule has 1 radical (unpaired) electrons. The summed E-state index contributed by atoms with van der Waals surface area (Å²) in [5, 5.41) is 0. The van der Waals surface area contributed by atoms with Gasteiger partial charge in [-0.25, -0.2) is 0 Å². The van der Waals surface area contributed by atoms with E-state index in [-0.39, 0.29) is 20.1 Å². The number of hydrogen-bond acceptors (Lipinski definition) is 1. The molecule has 0 atom stereocenters. The Hall–Kier alpha value is -2.49. The Morgan fingerprint density at radius 1 is 1.08 bits per heavy atom. The number of aromatic amines is 2. The smallest absolute Gasteiger partial charge is 0.214 e. The van der Waals surface area contributed by atoms with E-state index in [2.05, 4.69) is 56.0 Å². The molecule has 0 saturated heterocycles. The van der Waals surface area contributed by atoms with Gasteiger partial charge < -0.3 is 15.0 Å². The third kappa shape index (κ3) is 3.23. The second-order valence-corrected chi connectivity index (χ2v) is 5.31. The van der Waals surface area contributed by atoms with Gasteiger partial charge in [0, 0.05) is 44.6 Å². The minimum absolute atomic E-state index is 0. The van der Waals surface area contributed by atoms with Crippen LogP contribution in [0, 0.1) is 6.07 Å². The van der Waals surface area contributed by atoms with E-state index in [1.165, 1.54) is 17.0 Å². The monoisotopic (exact) mass is 493 g/mol. The second-order valence-electron chi connectivity index (χ2n) is 5.31. The van der Waals surface area contributed by atoms with Gasteiger partial charge in [-0.1, -0.05) is 18.3 Å². The van der Waals surface area contributed by atoms with E-state index in [0.29, 0.717) is 0 Å². The van der Waals surface area contributed by atoms with Crippen LogP contribution in [0.1, 0.15) is 5.69 Å². The summed E-state index contributed by atoms with van der Waals surface area (Å²) in [6.07, 6.45) is 9.53. The molecule has 2 N–H and O–H groups in total. The molecule has 4 aromatic heterocycles. The Balaban J connectivity index is 0.000000136. The van der Waals surface area contributed by atoms with Crippen molar-refractivity contribution >= 4 is 0 Å². The molecular weight excluding hydrogens is 476 g/mol. The first-order chi connectivity index (χ1) is 11.4. The summed E-state index contributed by atoms with van der Waals surface area (Å²) in [5.74, 6) is 0. The number of fused-ring (bicyclic) bond motifs is 3. The van der Waals surface area contributed by atoms with E-state index < -0.39 is 0 Å². The second kappa shape index (κ2) is 7.39. The first kappa shape index (κ1) is 16.4. The van der Waals surface area contributed by atoms with E-state index >= 15 is 0 Å². The van der Waals surface area contributed by atoms with Gasteiger partial charge in [0.15, 0.2) is 12.7 Å². The van der Waals surface area contributed by atoms with Crippen LogP contribution in [-0.2, 0) is 26.7 Å². The maximum atomic E-state index is 4.17. The van der Waals surface area contributed by atoms with Crippen molar-refractivity contribution in [2.45, 2.75) is 6.54 Å². The van der Waals surface area contributed by atoms with Crippen molar-refractivity contribution in [2.24, 2.45) is 0 Å². The number of nitrogens with one attached hydrogen (secondary N) is 2. The van der Waals surface area contributed by atoms with Gasteiger partial charge in [-0.15, -0.1) is 6.20 Å². The third-order valence-corrected chi connectivity index (χ3v) is 3.86. The number of H-pyrrole nitrogens is 2. The summed E-state index contributed by atoms with van der Waals surface area (Å²) in [5.41, 5.74) is 5.94. The van der Waals surface area contributed by atoms with Crippen LogP contribution in [0.25, 0.3) is 22.5 Å². The summed E-state index contributed by atoms with van der Waals surface area (Å²) in [7, 11) is 0. The summed E-state index contributed by atoms with van der Waals surface area (Å²) < 4.78 is 2.25. The molecule has 0 aromatic carbocycles. The molecule has 5 rings (SSSR count). The molecule has 0 spiro atoms. The van der Waals surface area contributed by atoms with Crippen molar-refractivity contribution < 1.29 is 24.7 Å². The van der Waals surface area contributed by atoms with Gasteiger partial charge >= 0.3 is 0 Å². The van der Waals surface area contributed by atoms with Crippen molar-refractivity contribution in [2.75, 3.05) is 0 Å². The molecule has 121 valence electrons. The van der Waals surface area contributed by atoms with Crippen molar-refractivity contribution in [1.82, 2.24) is 15.0 Å². The van der Waals surface area contributed by atoms with E-state index in [9.17, 15) is 0 Å². The van der Waals surface area contributed by atoms with Crippen molar-refractivity contribution in [3.63, 3.8) is 0 Å². The Morgan fingerprint density at radius 3 is 2.79 bits per heavy atom. The van der Waals surface area contributed by atoms with Gasteiger partial charge in [-0.3, -0.25) is 0 Å². The molecule has 24 heavy (non-hydrogen) atoms. The van der Waals surface area contributed by atoms with Gasteiger partial charge in [-0.05, 0) is 23.9 Å². The summed E-state index contributed by atoms with van der Waals surface area (Å²) >= 11 is 0. The van der Waals surface area contributed by atoms with Gasteiger partial charge in [0.05, 0.1) is 11.3 Å². The maximum Gasteiger partial charge on any atom is 0.214 e. The van der Waals surface area contributed by atoms with Crippen LogP contribution in [0.4, 0.5) is 0 Å². The minimum Gasteiger partial charge on any atom is -0.430 e. The van der Waals surface area contributed by atoms with Crippen molar-refractivity contribution in [3.8, 4) is 22.5 Å². The molecule has 0 fully saturated rings. The van der Waals surface area contributed by atoms with Crippen LogP contribution in [0.15, 0.2) is 73.4 Å². The molecule has 5 heterocycles. The Morgan fingerprint density at radius 2 is 2.00 bits per heavy atom. The normalized spacial score (nSPS) is 10.8. The average Bonchev–Trinajstić information content (AvgIpc) is 3.33. The van der Waals surface area contributed by atoms with Crippen molar-refractivity contribution in [1.29, 1.82) is 0 Å². The minimum atomic E-state index is 0. The van der Waals surface area contributed by atoms with E-state index in [1.807, 2.05) is 30.6 Å². The molecule has 1 aliphatic rings. The number of aromatic nitrogens is 4. The third-order valence-electron chi connectivity index (χ3n) is 3.86. The van der Waals surface area contributed by atoms with Crippen LogP contribution in [0.3, 0.4) is 0 Å². The standard InChI is InChI=1S/C10H8N2.C9H7N2.Ir/c1-2-6-12-7-9-8(4-5-11-9)10(12)3-1;1-2-5-11-9(3-1)8-4-6-10-7-8;/h1-6H,7H2;1-3,5-7,10H;/q;-1;/p+1. The van der Waals surface area contributed by atoms with Crippen LogP contribution >= 0.6 is 0 Å². The zero-order valence-electron chi connectivity index (χ0n) is 12.9. The fourth-order valence-corrected chi connectivity index (χ4v) is 2.76. The first-order valence-corrected chi connectivity index (χ1v) is 7.53. The van der Waals surface area contributed by atoms with Crippen molar-refractivity contribution in [3.05, 3.63) is 85.2 Å². The Bertz CT molecular complexity index is 898. The van der Waals surface area contributed by atoms with Gasteiger partial charge in [0.2, 0.25) is 5.69 Å². The maximum absolute atomic E-state index is 4.17. The number of pyridine rings is 2. The average molecular weight is 493 g/mol. The summed E-state index contributed by atoms with van der Waals surface area (Å²) in [6, 6.07) is 17.3. The summed E-state index contributed by atoms with van der Waals surface area (Å²) in [6.45, 7) is 0.985. The Labute approximate surface area is 154 Å². The SMILES string of the molecule is [Ir].[c-]1c[nH]cc1-c1ccccn1.c1cc[n+]2c(c1)-c1cc[nH]c1C2. The van der Waals surface area contributed by atoms with Gasteiger partial charge in [0.1, 0.15) is 0 Å². The summed E-state index contributed by atoms with van der Waals surface area (Å²) in [4.78, 5) is 10.3. The number of nitrogens with zero attached hydrogens (tertiary/aromatic N) is 2. The van der Waals surface area contributed by atoms with E-state index in [0.717, 1.165) is 17.8 Å². The quantitative estimate of drug-likeness (QED) is 0.274. The molecule has 0 bridgehead atoms. The van der Waals surface area contributed by atoms with Crippen LogP contribution in [-0.4, -0.2) is 15.0 Å². The molecule has 5 heteroatoms. The zero-order valence-corrected chi connectivity index (χ0v) is 15.3. The first-order valence-electron chi connectivity index (χ1n) is 7.53. The molecule has 0 unspecified atom stereocenters. The van der Waals surface area contributed by atoms with Crippen LogP contribution in [0.5, 0.6) is 0 Å². The van der Waals surface area contributed by atoms with E-state index in [4.69, 9.17) is 0 Å². The topological polar surface area (TPSA) is 48.4 Å². The molecule has 0 amide bonds. The van der Waals surface area contributed by atoms with Crippen LogP contribution in [0.2, 0.25) is 0 Å². The Kier molecular flexibility index (Phi) is 5.04.